The van der Waals surface area contributed by atoms with E-state index in [9.17, 15) is 4.79 Å². The van der Waals surface area contributed by atoms with Crippen LogP contribution in [-0.2, 0) is 17.8 Å². The van der Waals surface area contributed by atoms with Gasteiger partial charge in [0.15, 0.2) is 5.16 Å². The lowest BCUT2D eigenvalue weighted by molar-refractivity contribution is 0.00200. The number of hydrogen-bond donors (Lipinski definition) is 0. The number of rotatable bonds is 7. The molecule has 0 fully saturated rings. The van der Waals surface area contributed by atoms with Crippen molar-refractivity contribution in [3.63, 3.8) is 0 Å². The molecule has 30 heavy (non-hydrogen) atoms. The predicted molar refractivity (Wildman–Crippen MR) is 127 cm³/mol. The topological polar surface area (TPSA) is 44.1 Å². The summed E-state index contributed by atoms with van der Waals surface area (Å²) in [4.78, 5) is 20.9. The maximum atomic E-state index is 13.9. The van der Waals surface area contributed by atoms with Crippen LogP contribution in [0.1, 0.15) is 56.0 Å². The van der Waals surface area contributed by atoms with Gasteiger partial charge in [0, 0.05) is 17.1 Å². The number of unbranched alkanes of at least 4 members (excludes halogenated alkanes) is 2. The van der Waals surface area contributed by atoms with E-state index in [1.54, 1.807) is 23.1 Å². The molecule has 160 valence electrons. The third-order valence-corrected chi connectivity index (χ3v) is 7.91. The van der Waals surface area contributed by atoms with E-state index < -0.39 is 0 Å². The standard InChI is InChI=1S/C24H30N2O2S2/c1-5-6-9-12-29-24-25-22-21(17-13-19(15(2)3)28-14-20(17)30-22)23(27)26(24)18-11-8-7-10-16(18)4/h7-8,10-11,15,19H,5-6,9,12-14H2,1-4H3/t19-/m0/s1. The highest BCUT2D eigenvalue weighted by atomic mass is 32.2. The molecule has 0 radical (unpaired) electrons. The molecule has 0 saturated carbocycles. The minimum atomic E-state index is 0.0641. The Labute approximate surface area is 186 Å². The summed E-state index contributed by atoms with van der Waals surface area (Å²) in [6.45, 7) is 9.21. The second kappa shape index (κ2) is 9.25. The van der Waals surface area contributed by atoms with Crippen LogP contribution in [0, 0.1) is 12.8 Å². The summed E-state index contributed by atoms with van der Waals surface area (Å²) in [5, 5.41) is 1.60. The molecule has 3 heterocycles. The lowest BCUT2D eigenvalue weighted by Gasteiger charge is -2.26. The van der Waals surface area contributed by atoms with E-state index in [-0.39, 0.29) is 11.7 Å². The molecule has 3 aromatic rings. The third-order valence-electron chi connectivity index (χ3n) is 5.79. The first-order chi connectivity index (χ1) is 14.5. The van der Waals surface area contributed by atoms with E-state index in [0.717, 1.165) is 55.7 Å². The zero-order chi connectivity index (χ0) is 21.3. The Morgan fingerprint density at radius 3 is 2.83 bits per heavy atom. The Kier molecular flexibility index (Phi) is 6.66. The van der Waals surface area contributed by atoms with Crippen LogP contribution in [0.25, 0.3) is 15.9 Å². The molecule has 0 spiro atoms. The van der Waals surface area contributed by atoms with Gasteiger partial charge in [0.1, 0.15) is 4.83 Å². The first kappa shape index (κ1) is 21.6. The van der Waals surface area contributed by atoms with Crippen LogP contribution in [0.15, 0.2) is 34.2 Å². The van der Waals surface area contributed by atoms with Crippen molar-refractivity contribution < 1.29 is 4.74 Å². The van der Waals surface area contributed by atoms with Gasteiger partial charge in [-0.15, -0.1) is 11.3 Å². The van der Waals surface area contributed by atoms with Crippen LogP contribution >= 0.6 is 23.1 Å². The monoisotopic (exact) mass is 442 g/mol. The summed E-state index contributed by atoms with van der Waals surface area (Å²) in [5.41, 5.74) is 3.24. The van der Waals surface area contributed by atoms with E-state index in [0.29, 0.717) is 12.5 Å². The molecule has 4 rings (SSSR count). The number of para-hydroxylation sites is 1. The molecule has 4 nitrogen and oxygen atoms in total. The molecule has 6 heteroatoms. The molecule has 0 amide bonds. The van der Waals surface area contributed by atoms with Gasteiger partial charge in [-0.3, -0.25) is 9.36 Å². The molecule has 1 atom stereocenters. The fourth-order valence-corrected chi connectivity index (χ4v) is 6.14. The van der Waals surface area contributed by atoms with Crippen LogP contribution in [-0.4, -0.2) is 21.4 Å². The zero-order valence-electron chi connectivity index (χ0n) is 18.2. The molecule has 2 aromatic heterocycles. The Bertz CT molecular complexity index is 1100. The van der Waals surface area contributed by atoms with Gasteiger partial charge in [-0.2, -0.15) is 0 Å². The van der Waals surface area contributed by atoms with Gasteiger partial charge < -0.3 is 4.74 Å². The van der Waals surface area contributed by atoms with Crippen molar-refractivity contribution in [3.8, 4) is 5.69 Å². The summed E-state index contributed by atoms with van der Waals surface area (Å²) in [6.07, 6.45) is 4.47. The highest BCUT2D eigenvalue weighted by Crippen LogP contribution is 2.36. The fraction of sp³-hybridized carbons (Fsp3) is 0.500. The first-order valence-electron chi connectivity index (χ1n) is 10.9. The minimum absolute atomic E-state index is 0.0641. The Balaban J connectivity index is 1.87. The van der Waals surface area contributed by atoms with Crippen LogP contribution < -0.4 is 5.56 Å². The number of aromatic nitrogens is 2. The van der Waals surface area contributed by atoms with Crippen molar-refractivity contribution in [2.45, 2.75) is 71.2 Å². The van der Waals surface area contributed by atoms with Gasteiger partial charge in [0.2, 0.25) is 0 Å². The van der Waals surface area contributed by atoms with Crippen molar-refractivity contribution in [3.05, 3.63) is 50.6 Å². The lowest BCUT2D eigenvalue weighted by atomic mass is 9.96. The quantitative estimate of drug-likeness (QED) is 0.251. The van der Waals surface area contributed by atoms with Crippen molar-refractivity contribution in [1.82, 2.24) is 9.55 Å². The molecular formula is C24H30N2O2S2. The molecule has 1 aliphatic heterocycles. The van der Waals surface area contributed by atoms with Gasteiger partial charge in [0.25, 0.3) is 5.56 Å². The van der Waals surface area contributed by atoms with E-state index in [2.05, 4.69) is 33.8 Å². The first-order valence-corrected chi connectivity index (χ1v) is 12.7. The average Bonchev–Trinajstić information content (AvgIpc) is 3.10. The summed E-state index contributed by atoms with van der Waals surface area (Å²) in [5.74, 6) is 1.40. The summed E-state index contributed by atoms with van der Waals surface area (Å²) < 4.78 is 7.91. The SMILES string of the molecule is CCCCCSc1nc2sc3c(c2c(=O)n1-c1ccccc1C)C[C@@H](C(C)C)OC3. The number of hydrogen-bond acceptors (Lipinski definition) is 5. The van der Waals surface area contributed by atoms with Crippen LogP contribution in [0.4, 0.5) is 0 Å². The van der Waals surface area contributed by atoms with E-state index in [1.165, 1.54) is 12.8 Å². The fourth-order valence-electron chi connectivity index (χ4n) is 3.98. The number of thiophene rings is 1. The minimum Gasteiger partial charge on any atom is -0.372 e. The maximum Gasteiger partial charge on any atom is 0.267 e. The number of aryl methyl sites for hydroxylation is 1. The Hall–Kier alpha value is -1.63. The highest BCUT2D eigenvalue weighted by Gasteiger charge is 2.28. The van der Waals surface area contributed by atoms with E-state index in [1.807, 2.05) is 22.8 Å². The van der Waals surface area contributed by atoms with Crippen LogP contribution in [0.2, 0.25) is 0 Å². The number of benzene rings is 1. The maximum absolute atomic E-state index is 13.9. The molecule has 0 unspecified atom stereocenters. The molecular weight excluding hydrogens is 412 g/mol. The van der Waals surface area contributed by atoms with Gasteiger partial charge in [0.05, 0.1) is 23.8 Å². The van der Waals surface area contributed by atoms with Crippen LogP contribution in [0.3, 0.4) is 0 Å². The predicted octanol–water partition coefficient (Wildman–Crippen LogP) is 6.14. The average molecular weight is 443 g/mol. The summed E-state index contributed by atoms with van der Waals surface area (Å²) in [7, 11) is 0. The number of thioether (sulfide) groups is 1. The van der Waals surface area contributed by atoms with Gasteiger partial charge in [-0.1, -0.05) is 63.6 Å². The number of nitrogens with zero attached hydrogens (tertiary/aromatic N) is 2. The highest BCUT2D eigenvalue weighted by molar-refractivity contribution is 7.99. The molecule has 1 aromatic carbocycles. The molecule has 0 N–H and O–H groups in total. The smallest absolute Gasteiger partial charge is 0.267 e. The largest absolute Gasteiger partial charge is 0.372 e. The van der Waals surface area contributed by atoms with Crippen molar-refractivity contribution in [1.29, 1.82) is 0 Å². The molecule has 0 aliphatic carbocycles. The van der Waals surface area contributed by atoms with Gasteiger partial charge in [-0.05, 0) is 36.5 Å². The van der Waals surface area contributed by atoms with Crippen LogP contribution in [0.5, 0.6) is 0 Å². The Morgan fingerprint density at radius 1 is 1.30 bits per heavy atom. The second-order valence-electron chi connectivity index (χ2n) is 8.36. The zero-order valence-corrected chi connectivity index (χ0v) is 19.9. The third kappa shape index (κ3) is 4.10. The Morgan fingerprint density at radius 2 is 2.10 bits per heavy atom. The second-order valence-corrected chi connectivity index (χ2v) is 10.5. The molecule has 0 bridgehead atoms. The number of ether oxygens (including phenoxy) is 1. The van der Waals surface area contributed by atoms with E-state index >= 15 is 0 Å². The van der Waals surface area contributed by atoms with E-state index in [4.69, 9.17) is 9.72 Å². The lowest BCUT2D eigenvalue weighted by Crippen LogP contribution is -2.28. The van der Waals surface area contributed by atoms with Gasteiger partial charge >= 0.3 is 0 Å². The molecule has 0 saturated heterocycles. The number of fused-ring (bicyclic) bond motifs is 3. The normalized spacial score (nSPS) is 16.4. The molecule has 1 aliphatic rings. The van der Waals surface area contributed by atoms with Gasteiger partial charge in [-0.25, -0.2) is 4.98 Å². The van der Waals surface area contributed by atoms with Crippen molar-refractivity contribution in [2.75, 3.05) is 5.75 Å². The summed E-state index contributed by atoms with van der Waals surface area (Å²) >= 11 is 3.33. The van der Waals surface area contributed by atoms with Crippen molar-refractivity contribution in [2.24, 2.45) is 5.92 Å². The summed E-state index contributed by atoms with van der Waals surface area (Å²) in [6, 6.07) is 8.10. The van der Waals surface area contributed by atoms with Crippen molar-refractivity contribution >= 4 is 33.3 Å².